The lowest BCUT2D eigenvalue weighted by Gasteiger charge is -2.37. The minimum Gasteiger partial charge on any atom is -0.383 e. The molecule has 1 aliphatic carbocycles. The van der Waals surface area contributed by atoms with Crippen LogP contribution in [0.4, 0.5) is 0 Å². The van der Waals surface area contributed by atoms with Crippen LogP contribution in [-0.2, 0) is 14.3 Å². The molecule has 1 spiro atoms. The van der Waals surface area contributed by atoms with Gasteiger partial charge in [0.15, 0.2) is 0 Å². The molecule has 3 rings (SSSR count). The van der Waals surface area contributed by atoms with Gasteiger partial charge < -0.3 is 19.6 Å². The summed E-state index contributed by atoms with van der Waals surface area (Å²) < 4.78 is 5.46. The number of morpholine rings is 1. The fourth-order valence-corrected chi connectivity index (χ4v) is 3.17. The van der Waals surface area contributed by atoms with E-state index in [-0.39, 0.29) is 23.9 Å². The molecule has 6 heteroatoms. The average Bonchev–Trinajstić information content (AvgIpc) is 3.22. The maximum Gasteiger partial charge on any atom is 0.251 e. The van der Waals surface area contributed by atoms with Crippen molar-refractivity contribution in [2.75, 3.05) is 32.8 Å². The summed E-state index contributed by atoms with van der Waals surface area (Å²) in [7, 11) is 0. The first kappa shape index (κ1) is 13.8. The van der Waals surface area contributed by atoms with Crippen LogP contribution in [0.1, 0.15) is 32.1 Å². The SMILES string of the molecule is O=C1C(O)CCCCN1CC(=O)N1CCOCC12CC2. The molecular weight excluding hydrogens is 260 g/mol. The number of carbonyl (C=O) groups excluding carboxylic acids is 2. The van der Waals surface area contributed by atoms with Crippen LogP contribution in [-0.4, -0.2) is 71.2 Å². The van der Waals surface area contributed by atoms with Gasteiger partial charge in [0.05, 0.1) is 25.3 Å². The Morgan fingerprint density at radius 2 is 2.15 bits per heavy atom. The molecule has 1 atom stereocenters. The van der Waals surface area contributed by atoms with E-state index in [0.717, 1.165) is 25.7 Å². The molecular formula is C14H22N2O4. The molecule has 2 saturated heterocycles. The topological polar surface area (TPSA) is 70.1 Å². The van der Waals surface area contributed by atoms with Crippen molar-refractivity contribution in [1.82, 2.24) is 9.80 Å². The summed E-state index contributed by atoms with van der Waals surface area (Å²) in [6.07, 6.45) is 3.24. The smallest absolute Gasteiger partial charge is 0.251 e. The van der Waals surface area contributed by atoms with Gasteiger partial charge in [0.2, 0.25) is 5.91 Å². The average molecular weight is 282 g/mol. The van der Waals surface area contributed by atoms with E-state index in [1.807, 2.05) is 4.90 Å². The summed E-state index contributed by atoms with van der Waals surface area (Å²) >= 11 is 0. The summed E-state index contributed by atoms with van der Waals surface area (Å²) in [5, 5.41) is 9.73. The normalized spacial score (nSPS) is 29.4. The van der Waals surface area contributed by atoms with Crippen molar-refractivity contribution < 1.29 is 19.4 Å². The molecule has 3 aliphatic rings. The highest BCUT2D eigenvalue weighted by Gasteiger charge is 2.52. The molecule has 1 saturated carbocycles. The van der Waals surface area contributed by atoms with E-state index in [1.54, 1.807) is 0 Å². The maximum atomic E-state index is 12.5. The van der Waals surface area contributed by atoms with Crippen molar-refractivity contribution in [2.24, 2.45) is 0 Å². The predicted molar refractivity (Wildman–Crippen MR) is 70.9 cm³/mol. The van der Waals surface area contributed by atoms with Gasteiger partial charge >= 0.3 is 0 Å². The van der Waals surface area contributed by atoms with Crippen LogP contribution < -0.4 is 0 Å². The molecule has 2 amide bonds. The van der Waals surface area contributed by atoms with Gasteiger partial charge in [0.25, 0.3) is 5.91 Å². The lowest BCUT2D eigenvalue weighted by atomic mass is 10.2. The van der Waals surface area contributed by atoms with Gasteiger partial charge in [-0.05, 0) is 32.1 Å². The molecule has 0 radical (unpaired) electrons. The van der Waals surface area contributed by atoms with Gasteiger partial charge in [-0.25, -0.2) is 0 Å². The van der Waals surface area contributed by atoms with E-state index in [2.05, 4.69) is 0 Å². The number of nitrogens with zero attached hydrogens (tertiary/aromatic N) is 2. The third-order valence-electron chi connectivity index (χ3n) is 4.61. The van der Waals surface area contributed by atoms with Gasteiger partial charge in [-0.3, -0.25) is 9.59 Å². The van der Waals surface area contributed by atoms with Crippen LogP contribution in [0.15, 0.2) is 0 Å². The number of ether oxygens (including phenoxy) is 1. The minimum absolute atomic E-state index is 0.00625. The van der Waals surface area contributed by atoms with Crippen molar-refractivity contribution in [3.8, 4) is 0 Å². The number of carbonyl (C=O) groups is 2. The first-order valence-corrected chi connectivity index (χ1v) is 7.47. The maximum absolute atomic E-state index is 12.5. The highest BCUT2D eigenvalue weighted by atomic mass is 16.5. The zero-order chi connectivity index (χ0) is 14.2. The van der Waals surface area contributed by atoms with E-state index in [4.69, 9.17) is 4.74 Å². The molecule has 1 N–H and O–H groups in total. The molecule has 3 fully saturated rings. The van der Waals surface area contributed by atoms with Gasteiger partial charge in [-0.1, -0.05) is 0 Å². The number of aliphatic hydroxyl groups is 1. The Morgan fingerprint density at radius 3 is 2.90 bits per heavy atom. The quantitative estimate of drug-likeness (QED) is 0.758. The summed E-state index contributed by atoms with van der Waals surface area (Å²) in [6, 6.07) is 0. The van der Waals surface area contributed by atoms with E-state index in [1.165, 1.54) is 4.90 Å². The van der Waals surface area contributed by atoms with Crippen molar-refractivity contribution in [3.05, 3.63) is 0 Å². The highest BCUT2D eigenvalue weighted by Crippen LogP contribution is 2.43. The highest BCUT2D eigenvalue weighted by molar-refractivity contribution is 5.87. The molecule has 0 bridgehead atoms. The van der Waals surface area contributed by atoms with Crippen molar-refractivity contribution in [2.45, 2.75) is 43.7 Å². The van der Waals surface area contributed by atoms with E-state index in [9.17, 15) is 14.7 Å². The number of rotatable bonds is 2. The molecule has 6 nitrogen and oxygen atoms in total. The summed E-state index contributed by atoms with van der Waals surface area (Å²) in [5.41, 5.74) is -0.0944. The fraction of sp³-hybridized carbons (Fsp3) is 0.857. The second-order valence-electron chi connectivity index (χ2n) is 6.09. The van der Waals surface area contributed by atoms with Crippen LogP contribution in [0.5, 0.6) is 0 Å². The summed E-state index contributed by atoms with van der Waals surface area (Å²) in [5.74, 6) is -0.304. The third-order valence-corrected chi connectivity index (χ3v) is 4.61. The van der Waals surface area contributed by atoms with Crippen molar-refractivity contribution >= 4 is 11.8 Å². The molecule has 112 valence electrons. The molecule has 1 unspecified atom stereocenters. The number of likely N-dealkylation sites (tertiary alicyclic amines) is 1. The third kappa shape index (κ3) is 2.54. The Labute approximate surface area is 118 Å². The van der Waals surface area contributed by atoms with Crippen LogP contribution in [0.2, 0.25) is 0 Å². The Balaban J connectivity index is 1.64. The Bertz CT molecular complexity index is 408. The van der Waals surface area contributed by atoms with Crippen LogP contribution in [0, 0.1) is 0 Å². The van der Waals surface area contributed by atoms with Gasteiger partial charge in [0, 0.05) is 13.1 Å². The van der Waals surface area contributed by atoms with Gasteiger partial charge in [0.1, 0.15) is 6.10 Å². The standard InChI is InChI=1S/C14H22N2O4/c17-11-3-1-2-6-15(13(11)19)9-12(18)16-7-8-20-10-14(16)4-5-14/h11,17H,1-10H2. The largest absolute Gasteiger partial charge is 0.383 e. The molecule has 0 aromatic carbocycles. The lowest BCUT2D eigenvalue weighted by molar-refractivity contribution is -0.150. The second kappa shape index (κ2) is 5.33. The second-order valence-corrected chi connectivity index (χ2v) is 6.09. The molecule has 0 aromatic rings. The van der Waals surface area contributed by atoms with Crippen molar-refractivity contribution in [1.29, 1.82) is 0 Å². The van der Waals surface area contributed by atoms with Crippen LogP contribution in [0.25, 0.3) is 0 Å². The Hall–Kier alpha value is -1.14. The van der Waals surface area contributed by atoms with Gasteiger partial charge in [-0.2, -0.15) is 0 Å². The summed E-state index contributed by atoms with van der Waals surface area (Å²) in [4.78, 5) is 27.9. The number of amides is 2. The monoisotopic (exact) mass is 282 g/mol. The van der Waals surface area contributed by atoms with Gasteiger partial charge in [-0.15, -0.1) is 0 Å². The van der Waals surface area contributed by atoms with E-state index in [0.29, 0.717) is 32.7 Å². The first-order chi connectivity index (χ1) is 9.62. The summed E-state index contributed by atoms with van der Waals surface area (Å²) in [6.45, 7) is 2.47. The molecule has 2 heterocycles. The zero-order valence-electron chi connectivity index (χ0n) is 11.7. The molecule has 20 heavy (non-hydrogen) atoms. The van der Waals surface area contributed by atoms with Crippen molar-refractivity contribution in [3.63, 3.8) is 0 Å². The van der Waals surface area contributed by atoms with Crippen LogP contribution >= 0.6 is 0 Å². The molecule has 0 aromatic heterocycles. The van der Waals surface area contributed by atoms with E-state index >= 15 is 0 Å². The number of hydrogen-bond donors (Lipinski definition) is 1. The Kier molecular flexibility index (Phi) is 3.69. The number of hydrogen-bond acceptors (Lipinski definition) is 4. The lowest BCUT2D eigenvalue weighted by Crippen LogP contribution is -2.54. The predicted octanol–water partition coefficient (Wildman–Crippen LogP) is -0.249. The van der Waals surface area contributed by atoms with E-state index < -0.39 is 6.10 Å². The number of aliphatic hydroxyl groups excluding tert-OH is 1. The van der Waals surface area contributed by atoms with Crippen LogP contribution in [0.3, 0.4) is 0 Å². The Morgan fingerprint density at radius 1 is 1.35 bits per heavy atom. The minimum atomic E-state index is -0.940. The molecule has 2 aliphatic heterocycles. The fourth-order valence-electron chi connectivity index (χ4n) is 3.17. The first-order valence-electron chi connectivity index (χ1n) is 7.47. The zero-order valence-corrected chi connectivity index (χ0v) is 11.7.